The van der Waals surface area contributed by atoms with E-state index in [0.717, 1.165) is 105 Å². The van der Waals surface area contributed by atoms with Crippen molar-refractivity contribution in [3.05, 3.63) is 237 Å². The number of fused-ring (bicyclic) bond motifs is 12. The zero-order valence-electron chi connectivity index (χ0n) is 37.6. The Bertz CT molecular complexity index is 4310. The standard InChI is InChI=1S/C63H39N7/c1-2-20-40(21-3-1)67-56-37-17-10-28-49(56)59-47(29-18-38-57(59)67)48-30-19-39-58(68-50-31-11-4-22-41(50)42-23-5-12-32-51(42)68)60(48)61-64-62(69-52-33-13-6-24-43(52)44-25-7-14-34-53(44)69)66-63(65-61)70-54-35-15-8-26-45(54)46-27-9-16-36-55(46)70/h1-39H. The van der Waals surface area contributed by atoms with Crippen molar-refractivity contribution in [3.63, 3.8) is 0 Å². The lowest BCUT2D eigenvalue weighted by molar-refractivity contribution is 0.892. The third kappa shape index (κ3) is 5.48. The third-order valence-corrected chi connectivity index (χ3v) is 14.3. The van der Waals surface area contributed by atoms with Crippen LogP contribution in [0.25, 0.3) is 133 Å². The predicted molar refractivity (Wildman–Crippen MR) is 288 cm³/mol. The molecule has 0 saturated heterocycles. The Hall–Kier alpha value is -9.59. The molecule has 10 aromatic carbocycles. The molecule has 0 aliphatic carbocycles. The summed E-state index contributed by atoms with van der Waals surface area (Å²) >= 11 is 0. The molecule has 7 heteroatoms. The Morgan fingerprint density at radius 1 is 0.243 bits per heavy atom. The Kier molecular flexibility index (Phi) is 8.23. The number of rotatable bonds is 6. The van der Waals surface area contributed by atoms with Crippen molar-refractivity contribution in [2.45, 2.75) is 0 Å². The fourth-order valence-corrected chi connectivity index (χ4v) is 11.4. The number of benzene rings is 10. The SMILES string of the molecule is c1ccc(-n2c3ccccc3c3c(-c4cccc(-n5c6ccccc6c6ccccc65)c4-c4nc(-n5c6ccccc6c6ccccc65)nc(-n5c6ccccc6c6ccccc65)n4)cccc32)cc1. The van der Waals surface area contributed by atoms with Crippen LogP contribution in [0.15, 0.2) is 237 Å². The highest BCUT2D eigenvalue weighted by Gasteiger charge is 2.27. The molecule has 5 aromatic heterocycles. The van der Waals surface area contributed by atoms with Gasteiger partial charge in [-0.1, -0.05) is 170 Å². The zero-order chi connectivity index (χ0) is 45.9. The molecule has 5 heterocycles. The highest BCUT2D eigenvalue weighted by atomic mass is 15.3. The van der Waals surface area contributed by atoms with Crippen molar-refractivity contribution >= 4 is 87.2 Å². The van der Waals surface area contributed by atoms with E-state index in [1.165, 1.54) is 10.8 Å². The van der Waals surface area contributed by atoms with E-state index in [1.54, 1.807) is 0 Å². The van der Waals surface area contributed by atoms with Gasteiger partial charge in [0.15, 0.2) is 5.82 Å². The molecule has 0 saturated carbocycles. The topological polar surface area (TPSA) is 58.4 Å². The molecule has 0 spiro atoms. The van der Waals surface area contributed by atoms with Gasteiger partial charge in [0, 0.05) is 48.8 Å². The van der Waals surface area contributed by atoms with E-state index in [9.17, 15) is 0 Å². The van der Waals surface area contributed by atoms with E-state index in [4.69, 9.17) is 15.0 Å². The van der Waals surface area contributed by atoms with Gasteiger partial charge in [-0.2, -0.15) is 15.0 Å². The molecule has 70 heavy (non-hydrogen) atoms. The van der Waals surface area contributed by atoms with Crippen molar-refractivity contribution in [2.75, 3.05) is 0 Å². The molecule has 0 N–H and O–H groups in total. The molecule has 15 rings (SSSR count). The zero-order valence-corrected chi connectivity index (χ0v) is 37.6. The fraction of sp³-hybridized carbons (Fsp3) is 0. The van der Waals surface area contributed by atoms with Crippen LogP contribution in [-0.2, 0) is 0 Å². The van der Waals surface area contributed by atoms with Crippen LogP contribution in [-0.4, -0.2) is 33.2 Å². The molecular formula is C63H39N7. The van der Waals surface area contributed by atoms with Crippen LogP contribution in [0.2, 0.25) is 0 Å². The van der Waals surface area contributed by atoms with E-state index in [-0.39, 0.29) is 0 Å². The quantitative estimate of drug-likeness (QED) is 0.167. The van der Waals surface area contributed by atoms with Crippen LogP contribution in [0, 0.1) is 0 Å². The van der Waals surface area contributed by atoms with Gasteiger partial charge in [0.2, 0.25) is 11.9 Å². The van der Waals surface area contributed by atoms with Crippen molar-refractivity contribution < 1.29 is 0 Å². The molecule has 0 bridgehead atoms. The molecule has 0 atom stereocenters. The van der Waals surface area contributed by atoms with Gasteiger partial charge in [0.05, 0.1) is 55.4 Å². The van der Waals surface area contributed by atoms with E-state index < -0.39 is 0 Å². The summed E-state index contributed by atoms with van der Waals surface area (Å²) in [4.78, 5) is 17.0. The van der Waals surface area contributed by atoms with Gasteiger partial charge < -0.3 is 9.13 Å². The summed E-state index contributed by atoms with van der Waals surface area (Å²) < 4.78 is 9.21. The van der Waals surface area contributed by atoms with Gasteiger partial charge in [-0.25, -0.2) is 0 Å². The van der Waals surface area contributed by atoms with Crippen LogP contribution in [0.3, 0.4) is 0 Å². The minimum atomic E-state index is 0.529. The highest BCUT2D eigenvalue weighted by molar-refractivity contribution is 6.18. The highest BCUT2D eigenvalue weighted by Crippen LogP contribution is 2.45. The van der Waals surface area contributed by atoms with Gasteiger partial charge >= 0.3 is 0 Å². The molecule has 0 aliphatic heterocycles. The lowest BCUT2D eigenvalue weighted by Crippen LogP contribution is -2.11. The van der Waals surface area contributed by atoms with E-state index in [2.05, 4.69) is 255 Å². The summed E-state index contributed by atoms with van der Waals surface area (Å²) in [6.07, 6.45) is 0. The summed E-state index contributed by atoms with van der Waals surface area (Å²) in [5.41, 5.74) is 13.6. The van der Waals surface area contributed by atoms with Gasteiger partial charge in [0.1, 0.15) is 0 Å². The average Bonchev–Trinajstić information content (AvgIpc) is 4.16. The summed E-state index contributed by atoms with van der Waals surface area (Å²) in [7, 11) is 0. The van der Waals surface area contributed by atoms with Crippen molar-refractivity contribution in [1.29, 1.82) is 0 Å². The number of para-hydroxylation sites is 8. The summed E-state index contributed by atoms with van der Waals surface area (Å²) in [5, 5.41) is 9.19. The van der Waals surface area contributed by atoms with E-state index >= 15 is 0 Å². The molecular weight excluding hydrogens is 855 g/mol. The number of hydrogen-bond donors (Lipinski definition) is 0. The lowest BCUT2D eigenvalue weighted by atomic mass is 9.93. The first-order valence-corrected chi connectivity index (χ1v) is 23.7. The molecule has 0 unspecified atom stereocenters. The van der Waals surface area contributed by atoms with Crippen LogP contribution in [0.4, 0.5) is 0 Å². The largest absolute Gasteiger partial charge is 0.309 e. The second-order valence-corrected chi connectivity index (χ2v) is 18.0. The maximum absolute atomic E-state index is 5.74. The van der Waals surface area contributed by atoms with E-state index in [0.29, 0.717) is 17.7 Å². The average molecular weight is 894 g/mol. The maximum Gasteiger partial charge on any atom is 0.240 e. The predicted octanol–water partition coefficient (Wildman–Crippen LogP) is 15.6. The minimum absolute atomic E-state index is 0.529. The Morgan fingerprint density at radius 2 is 0.600 bits per heavy atom. The molecule has 15 aromatic rings. The summed E-state index contributed by atoms with van der Waals surface area (Å²) in [6.45, 7) is 0. The van der Waals surface area contributed by atoms with Crippen molar-refractivity contribution in [2.24, 2.45) is 0 Å². The Morgan fingerprint density at radius 3 is 1.07 bits per heavy atom. The summed E-state index contributed by atoms with van der Waals surface area (Å²) in [5.74, 6) is 1.61. The molecule has 0 radical (unpaired) electrons. The van der Waals surface area contributed by atoms with Crippen LogP contribution in [0.1, 0.15) is 0 Å². The smallest absolute Gasteiger partial charge is 0.240 e. The van der Waals surface area contributed by atoms with Gasteiger partial charge in [-0.15, -0.1) is 0 Å². The van der Waals surface area contributed by atoms with Crippen molar-refractivity contribution in [1.82, 2.24) is 33.2 Å². The van der Waals surface area contributed by atoms with Crippen LogP contribution in [0.5, 0.6) is 0 Å². The first-order chi connectivity index (χ1) is 34.8. The summed E-state index contributed by atoms with van der Waals surface area (Å²) in [6, 6.07) is 84.4. The Labute approximate surface area is 401 Å². The second kappa shape index (κ2) is 15.0. The fourth-order valence-electron chi connectivity index (χ4n) is 11.4. The monoisotopic (exact) mass is 893 g/mol. The molecule has 0 aliphatic rings. The first kappa shape index (κ1) is 38.5. The van der Waals surface area contributed by atoms with Crippen LogP contribution < -0.4 is 0 Å². The van der Waals surface area contributed by atoms with Gasteiger partial charge in [-0.05, 0) is 77.9 Å². The second-order valence-electron chi connectivity index (χ2n) is 18.0. The van der Waals surface area contributed by atoms with Gasteiger partial charge in [0.25, 0.3) is 0 Å². The minimum Gasteiger partial charge on any atom is -0.309 e. The molecule has 7 nitrogen and oxygen atoms in total. The molecule has 326 valence electrons. The number of nitrogens with zero attached hydrogens (tertiary/aromatic N) is 7. The van der Waals surface area contributed by atoms with Gasteiger partial charge in [-0.3, -0.25) is 9.13 Å². The number of hydrogen-bond acceptors (Lipinski definition) is 3. The molecule has 0 amide bonds. The molecule has 0 fully saturated rings. The Balaban J connectivity index is 1.13. The normalized spacial score (nSPS) is 12.0. The van der Waals surface area contributed by atoms with E-state index in [1.807, 2.05) is 0 Å². The number of aromatic nitrogens is 7. The lowest BCUT2D eigenvalue weighted by Gasteiger charge is -2.19. The third-order valence-electron chi connectivity index (χ3n) is 14.3. The van der Waals surface area contributed by atoms with Crippen molar-refractivity contribution in [3.8, 4) is 45.8 Å². The van der Waals surface area contributed by atoms with Crippen LogP contribution >= 0.6 is 0 Å². The maximum atomic E-state index is 5.74. The first-order valence-electron chi connectivity index (χ1n) is 23.7.